The van der Waals surface area contributed by atoms with Gasteiger partial charge in [0.05, 0.1) is 14.2 Å². The van der Waals surface area contributed by atoms with E-state index in [2.05, 4.69) is 96.7 Å². The predicted octanol–water partition coefficient (Wildman–Crippen LogP) is 6.94. The van der Waals surface area contributed by atoms with Crippen LogP contribution in [-0.4, -0.2) is 51.2 Å². The van der Waals surface area contributed by atoms with Crippen LogP contribution in [-0.2, 0) is 32.1 Å². The maximum absolute atomic E-state index is 6.63. The molecule has 0 N–H and O–H groups in total. The second-order valence-corrected chi connectivity index (χ2v) is 12.1. The topological polar surface area (TPSA) is 34.2 Å². The summed E-state index contributed by atoms with van der Waals surface area (Å²) in [6, 6.07) is 27.2. The number of rotatable bonds is 2. The van der Waals surface area contributed by atoms with E-state index in [4.69, 9.17) is 14.2 Å². The van der Waals surface area contributed by atoms with Gasteiger partial charge in [0.15, 0.2) is 11.5 Å². The summed E-state index contributed by atoms with van der Waals surface area (Å²) in [5.74, 6) is 3.53. The molecule has 4 aromatic rings. The molecular weight excluding hydrogens is 520 g/mol. The van der Waals surface area contributed by atoms with Gasteiger partial charge in [0.2, 0.25) is 0 Å². The number of benzene rings is 4. The van der Waals surface area contributed by atoms with Crippen LogP contribution in [0.3, 0.4) is 0 Å². The summed E-state index contributed by atoms with van der Waals surface area (Å²) in [6.45, 7) is 2.06. The van der Waals surface area contributed by atoms with Crippen LogP contribution in [0.4, 0.5) is 0 Å². The van der Waals surface area contributed by atoms with E-state index in [-0.39, 0.29) is 12.1 Å². The predicted molar refractivity (Wildman–Crippen MR) is 167 cm³/mol. The number of ether oxygens (including phenoxy) is 3. The van der Waals surface area contributed by atoms with Crippen molar-refractivity contribution in [2.75, 3.05) is 41.4 Å². The molecule has 5 nitrogen and oxygen atoms in total. The Balaban J connectivity index is 1.38. The lowest BCUT2D eigenvalue weighted by Gasteiger charge is -2.37. The minimum absolute atomic E-state index is 0.242. The van der Waals surface area contributed by atoms with Gasteiger partial charge in [-0.15, -0.1) is 0 Å². The maximum atomic E-state index is 6.63. The van der Waals surface area contributed by atoms with Crippen molar-refractivity contribution in [2.24, 2.45) is 0 Å². The first-order valence-corrected chi connectivity index (χ1v) is 15.2. The van der Waals surface area contributed by atoms with Crippen molar-refractivity contribution in [2.45, 2.75) is 44.2 Å². The van der Waals surface area contributed by atoms with Gasteiger partial charge >= 0.3 is 0 Å². The van der Waals surface area contributed by atoms with Gasteiger partial charge in [-0.3, -0.25) is 9.80 Å². The van der Waals surface area contributed by atoms with Crippen LogP contribution in [0.2, 0.25) is 0 Å². The summed E-state index contributed by atoms with van der Waals surface area (Å²) in [5, 5.41) is 0. The van der Waals surface area contributed by atoms with Crippen molar-refractivity contribution in [1.29, 1.82) is 0 Å². The third-order valence-corrected chi connectivity index (χ3v) is 9.67. The molecule has 0 amide bonds. The highest BCUT2D eigenvalue weighted by atomic mass is 16.5. The molecule has 6 aliphatic heterocycles. The molecule has 0 spiro atoms. The van der Waals surface area contributed by atoms with Gasteiger partial charge in [0.25, 0.3) is 0 Å². The molecule has 10 rings (SSSR count). The molecule has 0 aromatic heterocycles. The molecule has 6 aliphatic rings. The van der Waals surface area contributed by atoms with Gasteiger partial charge < -0.3 is 14.2 Å². The standard InChI is InChI=1S/C37H40N2O3/c1-38-19-17-28-23-34(40-3)37(41-4)30-20-24-8-10-25(11-9-24)22-32-36-27(16-18-39(32)2)6-5-7-33(36)42-29-14-12-26(13-15-29)21-31(38)35(28)30/h5-15,23,31-32H,16-22H2,1-4H3/t31-,32-/m1/s1. The first kappa shape index (κ1) is 27.1. The Hall–Kier alpha value is -3.80. The monoisotopic (exact) mass is 560 g/mol. The third-order valence-electron chi connectivity index (χ3n) is 9.67. The molecule has 4 aromatic carbocycles. The van der Waals surface area contributed by atoms with Crippen LogP contribution in [0.5, 0.6) is 23.0 Å². The molecule has 42 heavy (non-hydrogen) atoms. The molecule has 0 radical (unpaired) electrons. The summed E-state index contributed by atoms with van der Waals surface area (Å²) in [4.78, 5) is 4.98. The maximum Gasteiger partial charge on any atom is 0.164 e. The lowest BCUT2D eigenvalue weighted by atomic mass is 9.83. The first-order chi connectivity index (χ1) is 20.5. The van der Waals surface area contributed by atoms with E-state index in [0.29, 0.717) is 0 Å². The van der Waals surface area contributed by atoms with E-state index in [1.807, 2.05) is 0 Å². The van der Waals surface area contributed by atoms with Gasteiger partial charge in [-0.2, -0.15) is 0 Å². The second-order valence-electron chi connectivity index (χ2n) is 12.1. The molecule has 0 saturated carbocycles. The number of hydrogen-bond donors (Lipinski definition) is 0. The third kappa shape index (κ3) is 4.85. The Kier molecular flexibility index (Phi) is 7.17. The molecule has 216 valence electrons. The Morgan fingerprint density at radius 2 is 1.31 bits per heavy atom. The van der Waals surface area contributed by atoms with Gasteiger partial charge in [0, 0.05) is 42.7 Å². The molecule has 6 heterocycles. The van der Waals surface area contributed by atoms with Gasteiger partial charge in [-0.25, -0.2) is 0 Å². The van der Waals surface area contributed by atoms with E-state index in [0.717, 1.165) is 68.2 Å². The lowest BCUT2D eigenvalue weighted by Crippen LogP contribution is -2.34. The fraction of sp³-hybridized carbons (Fsp3) is 0.351. The molecule has 4 bridgehead atoms. The van der Waals surface area contributed by atoms with Crippen LogP contribution >= 0.6 is 0 Å². The molecule has 2 atom stereocenters. The quantitative estimate of drug-likeness (QED) is 0.265. The Bertz CT molecular complexity index is 1600. The highest BCUT2D eigenvalue weighted by molar-refractivity contribution is 5.58. The smallest absolute Gasteiger partial charge is 0.164 e. The summed E-state index contributed by atoms with van der Waals surface area (Å²) in [6.07, 6.45) is 4.69. The van der Waals surface area contributed by atoms with Crippen molar-refractivity contribution < 1.29 is 14.2 Å². The minimum Gasteiger partial charge on any atom is -0.493 e. The van der Waals surface area contributed by atoms with E-state index in [1.165, 1.54) is 44.5 Å². The number of nitrogens with zero attached hydrogens (tertiary/aromatic N) is 2. The molecular formula is C37H40N2O3. The first-order valence-electron chi connectivity index (χ1n) is 15.2. The fourth-order valence-electron chi connectivity index (χ4n) is 7.34. The van der Waals surface area contributed by atoms with Gasteiger partial charge in [-0.05, 0) is 97.4 Å². The highest BCUT2D eigenvalue weighted by Crippen LogP contribution is 2.45. The molecule has 0 unspecified atom stereocenters. The Labute approximate surface area is 249 Å². The van der Waals surface area contributed by atoms with E-state index in [9.17, 15) is 0 Å². The van der Waals surface area contributed by atoms with Crippen LogP contribution in [0.25, 0.3) is 0 Å². The van der Waals surface area contributed by atoms with Gasteiger partial charge in [-0.1, -0.05) is 48.5 Å². The van der Waals surface area contributed by atoms with Crippen molar-refractivity contribution in [3.8, 4) is 23.0 Å². The minimum atomic E-state index is 0.242. The summed E-state index contributed by atoms with van der Waals surface area (Å²) in [5.41, 5.74) is 10.6. The lowest BCUT2D eigenvalue weighted by molar-refractivity contribution is 0.224. The zero-order valence-corrected chi connectivity index (χ0v) is 25.2. The Morgan fingerprint density at radius 3 is 1.98 bits per heavy atom. The van der Waals surface area contributed by atoms with Crippen LogP contribution in [0.1, 0.15) is 56.6 Å². The average Bonchev–Trinajstić information content (AvgIpc) is 3.01. The number of likely N-dealkylation sites (N-methyl/N-ethyl adjacent to an activating group) is 2. The summed E-state index contributed by atoms with van der Waals surface area (Å²) in [7, 11) is 8.00. The zero-order valence-electron chi connectivity index (χ0n) is 25.2. The normalized spacial score (nSPS) is 20.2. The van der Waals surface area contributed by atoms with Crippen molar-refractivity contribution >= 4 is 0 Å². The molecule has 0 fully saturated rings. The molecule has 0 saturated heterocycles. The zero-order chi connectivity index (χ0) is 28.8. The van der Waals surface area contributed by atoms with Crippen molar-refractivity contribution in [3.05, 3.63) is 117 Å². The van der Waals surface area contributed by atoms with Crippen LogP contribution in [0.15, 0.2) is 72.8 Å². The molecule has 0 aliphatic carbocycles. The summed E-state index contributed by atoms with van der Waals surface area (Å²) < 4.78 is 18.6. The van der Waals surface area contributed by atoms with Crippen molar-refractivity contribution in [3.63, 3.8) is 0 Å². The van der Waals surface area contributed by atoms with E-state index >= 15 is 0 Å². The second kappa shape index (κ2) is 11.1. The van der Waals surface area contributed by atoms with Crippen LogP contribution < -0.4 is 14.2 Å². The SMILES string of the molecule is COc1cc2c3c(c1OC)Cc1ccc(cc1)C[C@@H]1c4c(cccc4Oc4ccc(cc4)C[C@H]3N(C)CC2)CCN1C. The van der Waals surface area contributed by atoms with Crippen LogP contribution in [0, 0.1) is 0 Å². The van der Waals surface area contributed by atoms with Crippen molar-refractivity contribution in [1.82, 2.24) is 9.80 Å². The van der Waals surface area contributed by atoms with E-state index in [1.54, 1.807) is 14.2 Å². The average molecular weight is 561 g/mol. The largest absolute Gasteiger partial charge is 0.493 e. The fourth-order valence-corrected chi connectivity index (χ4v) is 7.34. The number of methoxy groups -OCH3 is 2. The Morgan fingerprint density at radius 1 is 0.690 bits per heavy atom. The number of hydrogen-bond acceptors (Lipinski definition) is 5. The summed E-state index contributed by atoms with van der Waals surface area (Å²) >= 11 is 0. The van der Waals surface area contributed by atoms with Gasteiger partial charge in [0.1, 0.15) is 11.5 Å². The van der Waals surface area contributed by atoms with E-state index < -0.39 is 0 Å². The molecule has 5 heteroatoms. The highest BCUT2D eigenvalue weighted by Gasteiger charge is 2.32.